The molecule has 0 aliphatic carbocycles. The van der Waals surface area contributed by atoms with E-state index in [1.165, 1.54) is 5.69 Å². The highest BCUT2D eigenvalue weighted by molar-refractivity contribution is 5.69. The summed E-state index contributed by atoms with van der Waals surface area (Å²) >= 11 is 0. The number of nitrogens with zero attached hydrogens (tertiary/aromatic N) is 4. The summed E-state index contributed by atoms with van der Waals surface area (Å²) < 4.78 is 11.3. The number of morpholine rings is 1. The minimum absolute atomic E-state index is 0.406. The molecular formula is C26H26N6O2. The fourth-order valence-corrected chi connectivity index (χ4v) is 3.77. The molecule has 0 saturated carbocycles. The van der Waals surface area contributed by atoms with Gasteiger partial charge in [-0.2, -0.15) is 0 Å². The summed E-state index contributed by atoms with van der Waals surface area (Å²) in [4.78, 5) is 15.4. The van der Waals surface area contributed by atoms with E-state index in [4.69, 9.17) is 15.2 Å². The molecule has 3 N–H and O–H groups in total. The Hall–Kier alpha value is -4.17. The summed E-state index contributed by atoms with van der Waals surface area (Å²) in [6.07, 6.45) is 5.24. The van der Waals surface area contributed by atoms with Gasteiger partial charge in [0, 0.05) is 54.2 Å². The van der Waals surface area contributed by atoms with E-state index in [-0.39, 0.29) is 0 Å². The number of ether oxygens (including phenoxy) is 2. The molecule has 2 aromatic heterocycles. The van der Waals surface area contributed by atoms with Crippen LogP contribution in [-0.4, -0.2) is 41.3 Å². The summed E-state index contributed by atoms with van der Waals surface area (Å²) in [6, 6.07) is 19.6. The number of aromatic nitrogens is 3. The highest BCUT2D eigenvalue weighted by Crippen LogP contribution is 2.29. The summed E-state index contributed by atoms with van der Waals surface area (Å²) in [5, 5.41) is 3.28. The second-order valence-electron chi connectivity index (χ2n) is 7.94. The van der Waals surface area contributed by atoms with Crippen molar-refractivity contribution in [3.05, 3.63) is 84.8 Å². The van der Waals surface area contributed by atoms with Gasteiger partial charge in [-0.3, -0.25) is 4.98 Å². The first-order valence-electron chi connectivity index (χ1n) is 11.2. The van der Waals surface area contributed by atoms with Crippen LogP contribution in [0, 0.1) is 0 Å². The third-order valence-corrected chi connectivity index (χ3v) is 5.58. The average molecular weight is 455 g/mol. The Morgan fingerprint density at radius 2 is 1.85 bits per heavy atom. The van der Waals surface area contributed by atoms with Crippen LogP contribution in [0.2, 0.25) is 0 Å². The number of nitrogens with one attached hydrogen (secondary N) is 1. The standard InChI is InChI=1S/C26H26N6O2/c27-23-16-20(3-8-25(23)34-18-19-2-1-10-28-17-19)24-9-11-29-26(31-24)30-21-4-6-22(7-5-21)32-12-14-33-15-13-32/h1-11,16-17H,12-15,18,27H2,(H,29,30,31). The minimum Gasteiger partial charge on any atom is -0.487 e. The fourth-order valence-electron chi connectivity index (χ4n) is 3.77. The zero-order valence-electron chi connectivity index (χ0n) is 18.7. The van der Waals surface area contributed by atoms with Gasteiger partial charge in [-0.05, 0) is 54.6 Å². The normalized spacial score (nSPS) is 13.5. The van der Waals surface area contributed by atoms with Crippen LogP contribution in [0.15, 0.2) is 79.3 Å². The van der Waals surface area contributed by atoms with Crippen LogP contribution in [0.4, 0.5) is 23.0 Å². The SMILES string of the molecule is Nc1cc(-c2ccnc(Nc3ccc(N4CCOCC4)cc3)n2)ccc1OCc1cccnc1. The van der Waals surface area contributed by atoms with E-state index >= 15 is 0 Å². The Bertz CT molecular complexity index is 1230. The van der Waals surface area contributed by atoms with Crippen molar-refractivity contribution in [2.75, 3.05) is 42.3 Å². The number of hydrogen-bond donors (Lipinski definition) is 2. The largest absolute Gasteiger partial charge is 0.487 e. The Morgan fingerprint density at radius 1 is 1.00 bits per heavy atom. The van der Waals surface area contributed by atoms with Gasteiger partial charge >= 0.3 is 0 Å². The van der Waals surface area contributed by atoms with Crippen molar-refractivity contribution in [3.8, 4) is 17.0 Å². The molecule has 1 aliphatic heterocycles. The first-order chi connectivity index (χ1) is 16.7. The average Bonchev–Trinajstić information content (AvgIpc) is 2.90. The Kier molecular flexibility index (Phi) is 6.49. The number of nitrogen functional groups attached to an aromatic ring is 1. The Balaban J connectivity index is 1.26. The monoisotopic (exact) mass is 454 g/mol. The number of nitrogens with two attached hydrogens (primary N) is 1. The highest BCUT2D eigenvalue weighted by atomic mass is 16.5. The Labute approximate surface area is 198 Å². The molecule has 8 nitrogen and oxygen atoms in total. The lowest BCUT2D eigenvalue weighted by Crippen LogP contribution is -2.36. The van der Waals surface area contributed by atoms with Crippen LogP contribution < -0.4 is 20.7 Å². The molecule has 0 atom stereocenters. The number of benzene rings is 2. The quantitative estimate of drug-likeness (QED) is 0.399. The maximum Gasteiger partial charge on any atom is 0.227 e. The van der Waals surface area contributed by atoms with Crippen molar-refractivity contribution in [2.45, 2.75) is 6.61 Å². The van der Waals surface area contributed by atoms with E-state index in [1.54, 1.807) is 18.6 Å². The van der Waals surface area contributed by atoms with Gasteiger partial charge in [-0.25, -0.2) is 9.97 Å². The molecule has 0 radical (unpaired) electrons. The third kappa shape index (κ3) is 5.24. The van der Waals surface area contributed by atoms with Crippen LogP contribution in [0.1, 0.15) is 5.56 Å². The van der Waals surface area contributed by atoms with E-state index in [2.05, 4.69) is 37.3 Å². The van der Waals surface area contributed by atoms with Crippen LogP contribution in [0.25, 0.3) is 11.3 Å². The van der Waals surface area contributed by atoms with Crippen molar-refractivity contribution in [1.29, 1.82) is 0 Å². The second kappa shape index (κ2) is 10.2. The molecule has 172 valence electrons. The van der Waals surface area contributed by atoms with Gasteiger partial charge in [0.25, 0.3) is 0 Å². The van der Waals surface area contributed by atoms with Crippen molar-refractivity contribution >= 4 is 23.0 Å². The first kappa shape index (κ1) is 21.7. The van der Waals surface area contributed by atoms with Crippen LogP contribution in [0.3, 0.4) is 0 Å². The molecule has 1 saturated heterocycles. The van der Waals surface area contributed by atoms with E-state index < -0.39 is 0 Å². The highest BCUT2D eigenvalue weighted by Gasteiger charge is 2.11. The van der Waals surface area contributed by atoms with Crippen molar-refractivity contribution in [1.82, 2.24) is 15.0 Å². The van der Waals surface area contributed by atoms with Crippen molar-refractivity contribution in [2.24, 2.45) is 0 Å². The van der Waals surface area contributed by atoms with Gasteiger partial charge < -0.3 is 25.4 Å². The summed E-state index contributed by atoms with van der Waals surface area (Å²) in [5.41, 5.74) is 11.5. The summed E-state index contributed by atoms with van der Waals surface area (Å²) in [7, 11) is 0. The zero-order valence-corrected chi connectivity index (χ0v) is 18.7. The molecule has 3 heterocycles. The van der Waals surface area contributed by atoms with Gasteiger partial charge in [0.05, 0.1) is 24.6 Å². The molecule has 5 rings (SSSR count). The van der Waals surface area contributed by atoms with Gasteiger partial charge in [0.1, 0.15) is 12.4 Å². The number of pyridine rings is 1. The molecule has 34 heavy (non-hydrogen) atoms. The van der Waals surface area contributed by atoms with E-state index in [0.717, 1.165) is 48.8 Å². The van der Waals surface area contributed by atoms with Gasteiger partial charge in [-0.15, -0.1) is 0 Å². The first-order valence-corrected chi connectivity index (χ1v) is 11.2. The maximum atomic E-state index is 6.25. The lowest BCUT2D eigenvalue weighted by atomic mass is 10.1. The molecule has 0 spiro atoms. The van der Waals surface area contributed by atoms with Crippen LogP contribution in [-0.2, 0) is 11.3 Å². The predicted molar refractivity (Wildman–Crippen MR) is 133 cm³/mol. The topological polar surface area (TPSA) is 98.4 Å². The maximum absolute atomic E-state index is 6.25. The van der Waals surface area contributed by atoms with Crippen molar-refractivity contribution < 1.29 is 9.47 Å². The molecule has 8 heteroatoms. The molecule has 1 aliphatic rings. The van der Waals surface area contributed by atoms with E-state index in [0.29, 0.717) is 24.0 Å². The Morgan fingerprint density at radius 3 is 2.62 bits per heavy atom. The zero-order chi connectivity index (χ0) is 23.2. The number of hydrogen-bond acceptors (Lipinski definition) is 8. The smallest absolute Gasteiger partial charge is 0.227 e. The van der Waals surface area contributed by atoms with Gasteiger partial charge in [-0.1, -0.05) is 6.07 Å². The van der Waals surface area contributed by atoms with Crippen LogP contribution >= 0.6 is 0 Å². The number of anilines is 4. The van der Waals surface area contributed by atoms with Gasteiger partial charge in [0.2, 0.25) is 5.95 Å². The molecule has 0 bridgehead atoms. The predicted octanol–water partition coefficient (Wildman–Crippen LogP) is 4.28. The molecule has 1 fully saturated rings. The number of rotatable bonds is 7. The minimum atomic E-state index is 0.406. The van der Waals surface area contributed by atoms with Gasteiger partial charge in [0.15, 0.2) is 0 Å². The van der Waals surface area contributed by atoms with E-state index in [1.807, 2.05) is 48.5 Å². The third-order valence-electron chi connectivity index (χ3n) is 5.58. The lowest BCUT2D eigenvalue weighted by Gasteiger charge is -2.28. The molecule has 0 amide bonds. The van der Waals surface area contributed by atoms with E-state index in [9.17, 15) is 0 Å². The fraction of sp³-hybridized carbons (Fsp3) is 0.192. The summed E-state index contributed by atoms with van der Waals surface area (Å²) in [5.74, 6) is 1.15. The molecule has 2 aromatic carbocycles. The molecular weight excluding hydrogens is 428 g/mol. The lowest BCUT2D eigenvalue weighted by molar-refractivity contribution is 0.122. The molecule has 0 unspecified atom stereocenters. The van der Waals surface area contributed by atoms with Crippen LogP contribution in [0.5, 0.6) is 5.75 Å². The summed E-state index contributed by atoms with van der Waals surface area (Å²) in [6.45, 7) is 3.76. The van der Waals surface area contributed by atoms with Crippen molar-refractivity contribution in [3.63, 3.8) is 0 Å². The molecule has 4 aromatic rings. The second-order valence-corrected chi connectivity index (χ2v) is 7.94.